The van der Waals surface area contributed by atoms with Gasteiger partial charge in [0.1, 0.15) is 5.82 Å². The van der Waals surface area contributed by atoms with Crippen LogP contribution in [0.5, 0.6) is 0 Å². The van der Waals surface area contributed by atoms with Crippen LogP contribution in [0, 0.1) is 6.92 Å². The fourth-order valence-electron chi connectivity index (χ4n) is 4.14. The number of aryl methyl sites for hydroxylation is 1. The Morgan fingerprint density at radius 1 is 1.28 bits per heavy atom. The van der Waals surface area contributed by atoms with Crippen LogP contribution in [-0.2, 0) is 10.4 Å². The lowest BCUT2D eigenvalue weighted by Gasteiger charge is -2.29. The van der Waals surface area contributed by atoms with Crippen molar-refractivity contribution in [3.63, 3.8) is 0 Å². The molecule has 0 radical (unpaired) electrons. The van der Waals surface area contributed by atoms with Gasteiger partial charge in [0.25, 0.3) is 11.8 Å². The molecule has 0 bridgehead atoms. The molecule has 9 heteroatoms. The van der Waals surface area contributed by atoms with Crippen molar-refractivity contribution in [1.82, 2.24) is 20.3 Å². The van der Waals surface area contributed by atoms with Gasteiger partial charge in [-0.3, -0.25) is 14.8 Å². The molecule has 8 nitrogen and oxygen atoms in total. The van der Waals surface area contributed by atoms with Crippen molar-refractivity contribution in [1.29, 1.82) is 0 Å². The Hall–Kier alpha value is -2.94. The predicted molar refractivity (Wildman–Crippen MR) is 119 cm³/mol. The molecular weight excluding hydrogens is 432 g/mol. The van der Waals surface area contributed by atoms with Crippen LogP contribution in [0.4, 0.5) is 0 Å². The number of rotatable bonds is 4. The van der Waals surface area contributed by atoms with Crippen molar-refractivity contribution >= 4 is 34.4 Å². The van der Waals surface area contributed by atoms with Crippen LogP contribution < -0.4 is 5.32 Å². The Kier molecular flexibility index (Phi) is 5.94. The number of aromatic amines is 1. The highest BCUT2D eigenvalue weighted by atomic mass is 35.5. The molecule has 1 aromatic heterocycles. The first-order valence-corrected chi connectivity index (χ1v) is 10.9. The van der Waals surface area contributed by atoms with E-state index < -0.39 is 11.5 Å². The minimum absolute atomic E-state index is 0.187. The topological polar surface area (TPSA) is 119 Å². The minimum atomic E-state index is -1.81. The van der Waals surface area contributed by atoms with Gasteiger partial charge >= 0.3 is 0 Å². The Balaban J connectivity index is 1.54. The highest BCUT2D eigenvalue weighted by molar-refractivity contribution is 6.31. The Labute approximate surface area is 190 Å². The number of aromatic nitrogens is 2. The molecule has 0 spiro atoms. The van der Waals surface area contributed by atoms with Crippen molar-refractivity contribution in [3.8, 4) is 0 Å². The highest BCUT2D eigenvalue weighted by Gasteiger charge is 2.43. The summed E-state index contributed by atoms with van der Waals surface area (Å²) in [5.41, 5.74) is 1.10. The van der Waals surface area contributed by atoms with E-state index in [9.17, 15) is 19.9 Å². The second-order valence-electron chi connectivity index (χ2n) is 8.25. The molecule has 4 N–H and O–H groups in total. The molecule has 2 heterocycles. The van der Waals surface area contributed by atoms with Gasteiger partial charge in [0.15, 0.2) is 5.60 Å². The van der Waals surface area contributed by atoms with Crippen LogP contribution in [-0.4, -0.2) is 43.7 Å². The zero-order chi connectivity index (χ0) is 23.0. The quantitative estimate of drug-likeness (QED) is 0.447. The van der Waals surface area contributed by atoms with Crippen LogP contribution in [0.2, 0.25) is 5.02 Å². The summed E-state index contributed by atoms with van der Waals surface area (Å²) in [6.45, 7) is 3.74. The summed E-state index contributed by atoms with van der Waals surface area (Å²) < 4.78 is 0. The average Bonchev–Trinajstić information content (AvgIpc) is 3.13. The van der Waals surface area contributed by atoms with E-state index in [-0.39, 0.29) is 24.9 Å². The van der Waals surface area contributed by atoms with Gasteiger partial charge in [-0.2, -0.15) is 0 Å². The lowest BCUT2D eigenvalue weighted by molar-refractivity contribution is -0.184. The first-order chi connectivity index (χ1) is 15.2. The molecular formula is C23H25ClN4O4. The van der Waals surface area contributed by atoms with Gasteiger partial charge in [0, 0.05) is 17.1 Å². The van der Waals surface area contributed by atoms with Crippen LogP contribution in [0.15, 0.2) is 36.4 Å². The molecule has 0 saturated carbocycles. The number of hydroxylamine groups is 2. The van der Waals surface area contributed by atoms with Gasteiger partial charge < -0.3 is 15.4 Å². The fraction of sp³-hybridized carbons (Fsp3) is 0.348. The maximum atomic E-state index is 12.8. The first-order valence-electron chi connectivity index (χ1n) is 10.5. The molecule has 1 saturated heterocycles. The van der Waals surface area contributed by atoms with E-state index in [2.05, 4.69) is 15.3 Å². The van der Waals surface area contributed by atoms with Gasteiger partial charge in [-0.25, -0.2) is 10.0 Å². The summed E-state index contributed by atoms with van der Waals surface area (Å²) in [6, 6.07) is 9.73. The average molecular weight is 457 g/mol. The summed E-state index contributed by atoms with van der Waals surface area (Å²) in [5, 5.41) is 25.1. The normalized spacial score (nSPS) is 20.3. The van der Waals surface area contributed by atoms with Crippen molar-refractivity contribution in [2.24, 2.45) is 0 Å². The highest BCUT2D eigenvalue weighted by Crippen LogP contribution is 2.34. The van der Waals surface area contributed by atoms with Crippen LogP contribution >= 0.6 is 11.6 Å². The number of benzene rings is 2. The molecule has 2 aromatic carbocycles. The van der Waals surface area contributed by atoms with E-state index in [1.807, 2.05) is 6.92 Å². The van der Waals surface area contributed by atoms with Gasteiger partial charge in [0.05, 0.1) is 17.1 Å². The smallest absolute Gasteiger partial charge is 0.282 e. The molecule has 1 fully saturated rings. The third-order valence-corrected chi connectivity index (χ3v) is 6.14. The third kappa shape index (κ3) is 4.09. The maximum absolute atomic E-state index is 12.8. The number of nitrogens with zero attached hydrogens (tertiary/aromatic N) is 2. The second-order valence-corrected chi connectivity index (χ2v) is 8.69. The fourth-order valence-corrected chi connectivity index (χ4v) is 4.31. The minimum Gasteiger partial charge on any atom is -0.375 e. The van der Waals surface area contributed by atoms with Gasteiger partial charge in [-0.15, -0.1) is 0 Å². The molecule has 1 aliphatic heterocycles. The van der Waals surface area contributed by atoms with Crippen molar-refractivity contribution in [3.05, 3.63) is 63.9 Å². The number of imidazole rings is 1. The number of hydrogen-bond donors (Lipinski definition) is 4. The van der Waals surface area contributed by atoms with Crippen LogP contribution in [0.3, 0.4) is 0 Å². The van der Waals surface area contributed by atoms with E-state index >= 15 is 0 Å². The third-order valence-electron chi connectivity index (χ3n) is 5.90. The summed E-state index contributed by atoms with van der Waals surface area (Å²) in [4.78, 5) is 33.1. The zero-order valence-corrected chi connectivity index (χ0v) is 18.6. The van der Waals surface area contributed by atoms with E-state index in [0.717, 1.165) is 11.0 Å². The summed E-state index contributed by atoms with van der Waals surface area (Å²) in [6.07, 6.45) is 1.42. The van der Waals surface area contributed by atoms with Crippen LogP contribution in [0.25, 0.3) is 11.0 Å². The second kappa shape index (κ2) is 8.54. The van der Waals surface area contributed by atoms with Crippen molar-refractivity contribution in [2.45, 2.75) is 44.8 Å². The van der Waals surface area contributed by atoms with Gasteiger partial charge in [0.2, 0.25) is 0 Å². The molecule has 168 valence electrons. The molecule has 0 aliphatic carbocycles. The van der Waals surface area contributed by atoms with Gasteiger partial charge in [-0.1, -0.05) is 17.7 Å². The van der Waals surface area contributed by atoms with E-state index in [1.54, 1.807) is 43.3 Å². The number of amides is 2. The number of carbonyl (C=O) groups is 2. The first kappa shape index (κ1) is 22.3. The molecule has 2 amide bonds. The molecule has 2 atom stereocenters. The number of fused-ring (bicyclic) bond motifs is 1. The maximum Gasteiger partial charge on any atom is 0.282 e. The number of H-pyrrole nitrogens is 1. The summed E-state index contributed by atoms with van der Waals surface area (Å²) >= 11 is 6.02. The predicted octanol–water partition coefficient (Wildman–Crippen LogP) is 3.61. The number of aliphatic hydroxyl groups is 1. The number of nitrogens with one attached hydrogen (secondary N) is 2. The zero-order valence-electron chi connectivity index (χ0n) is 17.9. The largest absolute Gasteiger partial charge is 0.375 e. The molecule has 1 unspecified atom stereocenters. The van der Waals surface area contributed by atoms with Crippen molar-refractivity contribution < 1.29 is 19.9 Å². The molecule has 32 heavy (non-hydrogen) atoms. The SMILES string of the molecule is Cc1cc(C(=O)N[C@@H](C)c2nc3ccc(Cl)cc3[nH]2)ccc1C1(O)CCCCN(O)C1=O. The van der Waals surface area contributed by atoms with E-state index in [0.29, 0.717) is 45.4 Å². The molecule has 4 rings (SSSR count). The molecule has 3 aromatic rings. The number of carbonyl (C=O) groups excluding carboxylic acids is 2. The number of halogens is 1. The summed E-state index contributed by atoms with van der Waals surface area (Å²) in [5.74, 6) is -0.451. The Morgan fingerprint density at radius 2 is 2.06 bits per heavy atom. The standard InChI is InChI=1S/C23H25ClN4O4/c1-13-11-15(5-7-17(13)23(31)9-3-4-10-28(32)22(23)30)21(29)25-14(2)20-26-18-8-6-16(24)12-19(18)27-20/h5-8,11-12,14,31-32H,3-4,9-10H2,1-2H3,(H,25,29)(H,26,27)/t14-,23?/m0/s1. The van der Waals surface area contributed by atoms with E-state index in [4.69, 9.17) is 11.6 Å². The summed E-state index contributed by atoms with van der Waals surface area (Å²) in [7, 11) is 0. The van der Waals surface area contributed by atoms with E-state index in [1.165, 1.54) is 0 Å². The lowest BCUT2D eigenvalue weighted by Crippen LogP contribution is -2.44. The van der Waals surface area contributed by atoms with Gasteiger partial charge in [-0.05, 0) is 74.6 Å². The molecule has 1 aliphatic rings. The monoisotopic (exact) mass is 456 g/mol. The Morgan fingerprint density at radius 3 is 2.81 bits per heavy atom. The van der Waals surface area contributed by atoms with Crippen LogP contribution in [0.1, 0.15) is 59.5 Å². The lowest BCUT2D eigenvalue weighted by atomic mass is 9.85. The number of hydrogen-bond acceptors (Lipinski definition) is 5. The Bertz CT molecular complexity index is 1190. The van der Waals surface area contributed by atoms with Crippen molar-refractivity contribution in [2.75, 3.05) is 6.54 Å².